The van der Waals surface area contributed by atoms with Gasteiger partial charge in [0.1, 0.15) is 6.04 Å². The highest BCUT2D eigenvalue weighted by Gasteiger charge is 2.23. The molecule has 0 heterocycles. The van der Waals surface area contributed by atoms with Gasteiger partial charge < -0.3 is 15.7 Å². The fraction of sp³-hybridized carbons (Fsp3) is 0.667. The Morgan fingerprint density at radius 1 is 1.35 bits per heavy atom. The van der Waals surface area contributed by atoms with E-state index < -0.39 is 18.0 Å². The van der Waals surface area contributed by atoms with Gasteiger partial charge in [0, 0.05) is 12.5 Å². The summed E-state index contributed by atoms with van der Waals surface area (Å²) in [5, 5.41) is 14.0. The van der Waals surface area contributed by atoms with Crippen LogP contribution < -0.4 is 10.6 Å². The number of hydrogen-bond acceptors (Lipinski definition) is 2. The van der Waals surface area contributed by atoms with Crippen LogP contribution in [0.1, 0.15) is 33.6 Å². The zero-order valence-corrected chi connectivity index (χ0v) is 10.5. The topological polar surface area (TPSA) is 78.4 Å². The summed E-state index contributed by atoms with van der Waals surface area (Å²) in [6.45, 7) is 5.37. The Morgan fingerprint density at radius 3 is 2.29 bits per heavy atom. The van der Waals surface area contributed by atoms with Crippen LogP contribution in [0.4, 0.5) is 4.79 Å². The molecule has 0 aromatic heterocycles. The molecule has 0 aliphatic rings. The molecule has 17 heavy (non-hydrogen) atoms. The Labute approximate surface area is 102 Å². The first-order valence-corrected chi connectivity index (χ1v) is 5.65. The van der Waals surface area contributed by atoms with Gasteiger partial charge in [-0.3, -0.25) is 0 Å². The van der Waals surface area contributed by atoms with E-state index in [2.05, 4.69) is 16.6 Å². The molecule has 5 heteroatoms. The molecule has 2 amide bonds. The lowest BCUT2D eigenvalue weighted by Crippen LogP contribution is -2.50. The minimum Gasteiger partial charge on any atom is -0.480 e. The quantitative estimate of drug-likeness (QED) is 0.610. The average molecular weight is 240 g/mol. The molecule has 0 rings (SSSR count). The number of hydrogen-bond donors (Lipinski definition) is 3. The highest BCUT2D eigenvalue weighted by molar-refractivity contribution is 5.82. The van der Waals surface area contributed by atoms with E-state index in [0.29, 0.717) is 12.8 Å². The van der Waals surface area contributed by atoms with Gasteiger partial charge in [-0.2, -0.15) is 0 Å². The summed E-state index contributed by atoms with van der Waals surface area (Å²) >= 11 is 0. The van der Waals surface area contributed by atoms with E-state index in [1.165, 1.54) is 0 Å². The van der Waals surface area contributed by atoms with Gasteiger partial charge in [0.05, 0.1) is 0 Å². The molecule has 96 valence electrons. The van der Waals surface area contributed by atoms with Crippen LogP contribution in [0.25, 0.3) is 0 Å². The lowest BCUT2D eigenvalue weighted by atomic mass is 10.1. The van der Waals surface area contributed by atoms with Crippen molar-refractivity contribution in [1.82, 2.24) is 10.6 Å². The minimum absolute atomic E-state index is 0.124. The van der Waals surface area contributed by atoms with Crippen molar-refractivity contribution in [2.24, 2.45) is 5.92 Å². The molecule has 2 atom stereocenters. The summed E-state index contributed by atoms with van der Waals surface area (Å²) in [4.78, 5) is 22.4. The SMILES string of the molecule is C#CCC(CC)NC(=O)N[C@@H](C(=O)O)C(C)C. The molecule has 0 aliphatic heterocycles. The Hall–Kier alpha value is -1.70. The van der Waals surface area contributed by atoms with Gasteiger partial charge in [-0.1, -0.05) is 20.8 Å². The zero-order chi connectivity index (χ0) is 13.4. The molecule has 1 unspecified atom stereocenters. The largest absolute Gasteiger partial charge is 0.480 e. The van der Waals surface area contributed by atoms with E-state index in [4.69, 9.17) is 11.5 Å². The zero-order valence-electron chi connectivity index (χ0n) is 10.5. The molecular formula is C12H20N2O3. The highest BCUT2D eigenvalue weighted by atomic mass is 16.4. The smallest absolute Gasteiger partial charge is 0.326 e. The van der Waals surface area contributed by atoms with Crippen LogP contribution in [0.2, 0.25) is 0 Å². The Morgan fingerprint density at radius 2 is 1.94 bits per heavy atom. The van der Waals surface area contributed by atoms with Crippen molar-refractivity contribution in [3.63, 3.8) is 0 Å². The predicted octanol–water partition coefficient (Wildman–Crippen LogP) is 1.20. The summed E-state index contributed by atoms with van der Waals surface area (Å²) in [6.07, 6.45) is 6.30. The number of nitrogens with one attached hydrogen (secondary N) is 2. The lowest BCUT2D eigenvalue weighted by Gasteiger charge is -2.20. The minimum atomic E-state index is -1.04. The molecule has 0 fully saturated rings. The molecule has 0 spiro atoms. The van der Waals surface area contributed by atoms with Gasteiger partial charge in [0.25, 0.3) is 0 Å². The lowest BCUT2D eigenvalue weighted by molar-refractivity contribution is -0.140. The summed E-state index contributed by atoms with van der Waals surface area (Å²) < 4.78 is 0. The van der Waals surface area contributed by atoms with Gasteiger partial charge >= 0.3 is 12.0 Å². The van der Waals surface area contributed by atoms with E-state index >= 15 is 0 Å². The van der Waals surface area contributed by atoms with E-state index in [-0.39, 0.29) is 12.0 Å². The van der Waals surface area contributed by atoms with Gasteiger partial charge in [0.2, 0.25) is 0 Å². The molecule has 0 aliphatic carbocycles. The third kappa shape index (κ3) is 5.81. The molecule has 0 bridgehead atoms. The van der Waals surface area contributed by atoms with E-state index in [1.807, 2.05) is 6.92 Å². The summed E-state index contributed by atoms with van der Waals surface area (Å²) in [7, 11) is 0. The number of carboxylic acid groups (broad SMARTS) is 1. The Bertz CT molecular complexity index is 307. The van der Waals surface area contributed by atoms with Crippen molar-refractivity contribution in [3.8, 4) is 12.3 Å². The molecular weight excluding hydrogens is 220 g/mol. The summed E-state index contributed by atoms with van der Waals surface area (Å²) in [6, 6.07) is -1.51. The normalized spacial score (nSPS) is 13.6. The van der Waals surface area contributed by atoms with E-state index in [9.17, 15) is 9.59 Å². The van der Waals surface area contributed by atoms with Crippen LogP contribution in [0.3, 0.4) is 0 Å². The van der Waals surface area contributed by atoms with Crippen LogP contribution in [-0.4, -0.2) is 29.2 Å². The molecule has 0 radical (unpaired) electrons. The molecule has 5 nitrogen and oxygen atoms in total. The number of carbonyl (C=O) groups is 2. The second-order valence-corrected chi connectivity index (χ2v) is 4.19. The monoisotopic (exact) mass is 240 g/mol. The van der Waals surface area contributed by atoms with Gasteiger partial charge in [-0.15, -0.1) is 12.3 Å². The standard InChI is InChI=1S/C12H20N2O3/c1-5-7-9(6-2)13-12(17)14-10(8(3)4)11(15)16/h1,8-10H,6-7H2,2-4H3,(H,15,16)(H2,13,14,17)/t9?,10-/m1/s1. The summed E-state index contributed by atoms with van der Waals surface area (Å²) in [5.41, 5.74) is 0. The first kappa shape index (κ1) is 15.3. The third-order valence-corrected chi connectivity index (χ3v) is 2.41. The Kier molecular flexibility index (Phi) is 6.80. The maximum absolute atomic E-state index is 11.6. The second kappa shape index (κ2) is 7.55. The van der Waals surface area contributed by atoms with Crippen molar-refractivity contribution in [2.75, 3.05) is 0 Å². The molecule has 0 saturated carbocycles. The molecule has 3 N–H and O–H groups in total. The van der Waals surface area contributed by atoms with Crippen LogP contribution in [0.5, 0.6) is 0 Å². The number of amides is 2. The molecule has 0 aromatic rings. The number of carboxylic acids is 1. The van der Waals surface area contributed by atoms with Crippen molar-refractivity contribution in [3.05, 3.63) is 0 Å². The fourth-order valence-electron chi connectivity index (χ4n) is 1.32. The van der Waals surface area contributed by atoms with Crippen LogP contribution in [-0.2, 0) is 4.79 Å². The first-order valence-electron chi connectivity index (χ1n) is 5.65. The molecule has 0 aromatic carbocycles. The maximum Gasteiger partial charge on any atom is 0.326 e. The van der Waals surface area contributed by atoms with Crippen molar-refractivity contribution in [1.29, 1.82) is 0 Å². The number of terminal acetylenes is 1. The molecule has 0 saturated heterocycles. The van der Waals surface area contributed by atoms with Crippen LogP contribution >= 0.6 is 0 Å². The second-order valence-electron chi connectivity index (χ2n) is 4.19. The number of aliphatic carboxylic acids is 1. The fourth-order valence-corrected chi connectivity index (χ4v) is 1.32. The van der Waals surface area contributed by atoms with Crippen molar-refractivity contribution in [2.45, 2.75) is 45.7 Å². The van der Waals surface area contributed by atoms with E-state index in [0.717, 1.165) is 0 Å². The number of carbonyl (C=O) groups excluding carboxylic acids is 1. The van der Waals surface area contributed by atoms with Crippen molar-refractivity contribution >= 4 is 12.0 Å². The number of rotatable bonds is 6. The van der Waals surface area contributed by atoms with E-state index in [1.54, 1.807) is 13.8 Å². The average Bonchev–Trinajstić information content (AvgIpc) is 2.24. The first-order chi connectivity index (χ1) is 7.92. The maximum atomic E-state index is 11.6. The van der Waals surface area contributed by atoms with Crippen molar-refractivity contribution < 1.29 is 14.7 Å². The van der Waals surface area contributed by atoms with Gasteiger partial charge in [-0.25, -0.2) is 9.59 Å². The van der Waals surface area contributed by atoms with Crippen LogP contribution in [0, 0.1) is 18.3 Å². The Balaban J connectivity index is 4.33. The summed E-state index contributed by atoms with van der Waals surface area (Å²) in [5.74, 6) is 1.25. The highest BCUT2D eigenvalue weighted by Crippen LogP contribution is 2.02. The predicted molar refractivity (Wildman–Crippen MR) is 65.5 cm³/mol. The van der Waals surface area contributed by atoms with Gasteiger partial charge in [0.15, 0.2) is 0 Å². The number of urea groups is 1. The van der Waals surface area contributed by atoms with Gasteiger partial charge in [-0.05, 0) is 12.3 Å². The van der Waals surface area contributed by atoms with Crippen LogP contribution in [0.15, 0.2) is 0 Å². The third-order valence-electron chi connectivity index (χ3n) is 2.41.